The van der Waals surface area contributed by atoms with E-state index in [0.717, 1.165) is 35.5 Å². The molecule has 1 aromatic carbocycles. The molecule has 4 nitrogen and oxygen atoms in total. The third kappa shape index (κ3) is 4.65. The Morgan fingerprint density at radius 1 is 1.12 bits per heavy atom. The van der Waals surface area contributed by atoms with Gasteiger partial charge in [0.1, 0.15) is 12.0 Å². The van der Waals surface area contributed by atoms with Crippen molar-refractivity contribution in [3.05, 3.63) is 52.6 Å². The zero-order chi connectivity index (χ0) is 29.2. The van der Waals surface area contributed by atoms with Crippen LogP contribution in [0.4, 0.5) is 23.2 Å². The lowest BCUT2D eigenvalue weighted by Gasteiger charge is -2.55. The normalized spacial score (nSPS) is 35.1. The third-order valence-electron chi connectivity index (χ3n) is 10.6. The van der Waals surface area contributed by atoms with E-state index in [1.807, 2.05) is 6.92 Å². The summed E-state index contributed by atoms with van der Waals surface area (Å²) in [5.74, 6) is 2.85. The van der Waals surface area contributed by atoms with Gasteiger partial charge in [-0.05, 0) is 91.2 Å². The number of fused-ring (bicyclic) bond motifs is 4. The first-order valence-corrected chi connectivity index (χ1v) is 14.6. The molecule has 2 saturated carbocycles. The number of carbonyl (C=O) groups is 2. The van der Waals surface area contributed by atoms with Gasteiger partial charge < -0.3 is 9.64 Å². The maximum atomic E-state index is 15.8. The number of carbonyl (C=O) groups excluding carboxylic acids is 2. The minimum atomic E-state index is -4.71. The largest absolute Gasteiger partial charge is 0.457 e. The summed E-state index contributed by atoms with van der Waals surface area (Å²) in [6.07, 6.45) is -2.43. The van der Waals surface area contributed by atoms with Crippen molar-refractivity contribution in [1.29, 1.82) is 0 Å². The molecule has 6 rings (SSSR count). The Bertz CT molecular complexity index is 1380. The van der Waals surface area contributed by atoms with E-state index in [2.05, 4.69) is 35.1 Å². The van der Waals surface area contributed by atoms with E-state index >= 15 is 4.39 Å². The fraction of sp³-hybridized carbons (Fsp3) is 0.576. The average molecular weight is 570 g/mol. The smallest absolute Gasteiger partial charge is 0.378 e. The quantitative estimate of drug-likeness (QED) is 0.308. The predicted octanol–water partition coefficient (Wildman–Crippen LogP) is 6.51. The maximum absolute atomic E-state index is 15.8. The van der Waals surface area contributed by atoms with Crippen molar-refractivity contribution < 1.29 is 31.9 Å². The number of hydrogen-bond acceptors (Lipinski definition) is 4. The zero-order valence-electron chi connectivity index (χ0n) is 23.5. The molecular weight excluding hydrogens is 534 g/mol. The Kier molecular flexibility index (Phi) is 6.96. The van der Waals surface area contributed by atoms with Crippen molar-refractivity contribution in [3.8, 4) is 11.8 Å². The lowest BCUT2D eigenvalue weighted by Crippen LogP contribution is -2.51. The van der Waals surface area contributed by atoms with Crippen LogP contribution in [-0.4, -0.2) is 50.2 Å². The van der Waals surface area contributed by atoms with Gasteiger partial charge in [0.2, 0.25) is 0 Å². The topological polar surface area (TPSA) is 46.6 Å². The SMILES string of the molecule is CC(=O)[C@@]1(C#CC(F)(F)F)CC[C@H]2[C@@H]3CC(F)C4=CC(=O)CCC4=C3C(c3ccc(N4CCOCC4)cc3)C[C@@]21C. The summed E-state index contributed by atoms with van der Waals surface area (Å²) < 4.78 is 61.4. The van der Waals surface area contributed by atoms with Gasteiger partial charge in [0.15, 0.2) is 5.78 Å². The van der Waals surface area contributed by atoms with E-state index in [9.17, 15) is 22.8 Å². The molecule has 0 amide bonds. The molecule has 6 atom stereocenters. The fourth-order valence-electron chi connectivity index (χ4n) is 8.75. The molecule has 218 valence electrons. The van der Waals surface area contributed by atoms with Gasteiger partial charge >= 0.3 is 6.18 Å². The van der Waals surface area contributed by atoms with Crippen LogP contribution in [0.2, 0.25) is 0 Å². The first-order valence-electron chi connectivity index (χ1n) is 14.6. The molecule has 3 fully saturated rings. The standard InChI is InChI=1S/C33H35F4NO3/c1-20(39)32(11-12-33(35,36)37)10-9-28-26-18-29(34)25-17-23(40)7-8-24(25)30(26)27(19-31(28,32)2)21-3-5-22(6-4-21)38-13-15-41-16-14-38/h3-6,17,26-29H,7-10,13-16,18-19H2,1-2H3/t26-,27?,28-,29?,31-,32-/m0/s1. The van der Waals surface area contributed by atoms with Crippen LogP contribution in [0.3, 0.4) is 0 Å². The number of morpholine rings is 1. The number of anilines is 1. The van der Waals surface area contributed by atoms with Gasteiger partial charge in [0.05, 0.1) is 18.6 Å². The molecule has 0 radical (unpaired) electrons. The third-order valence-corrected chi connectivity index (χ3v) is 10.6. The molecule has 0 spiro atoms. The summed E-state index contributed by atoms with van der Waals surface area (Å²) in [6.45, 7) is 6.17. The molecule has 0 bridgehead atoms. The number of allylic oxidation sites excluding steroid dienone is 4. The van der Waals surface area contributed by atoms with Crippen LogP contribution in [0.5, 0.6) is 0 Å². The molecule has 0 aromatic heterocycles. The van der Waals surface area contributed by atoms with Crippen LogP contribution in [0.1, 0.15) is 63.9 Å². The summed E-state index contributed by atoms with van der Waals surface area (Å²) in [7, 11) is 0. The van der Waals surface area contributed by atoms with Crippen molar-refractivity contribution in [2.24, 2.45) is 22.7 Å². The van der Waals surface area contributed by atoms with Crippen molar-refractivity contribution in [2.75, 3.05) is 31.2 Å². The Morgan fingerprint density at radius 2 is 1.83 bits per heavy atom. The minimum absolute atomic E-state index is 0.0728. The van der Waals surface area contributed by atoms with E-state index in [0.29, 0.717) is 44.5 Å². The number of ether oxygens (including phenoxy) is 1. The van der Waals surface area contributed by atoms with Gasteiger partial charge in [-0.2, -0.15) is 13.2 Å². The van der Waals surface area contributed by atoms with Crippen LogP contribution in [-0.2, 0) is 14.3 Å². The zero-order valence-corrected chi connectivity index (χ0v) is 23.5. The lowest BCUT2D eigenvalue weighted by atomic mass is 9.48. The Hall–Kier alpha value is -2.92. The number of ketones is 2. The van der Waals surface area contributed by atoms with Gasteiger partial charge in [-0.1, -0.05) is 30.6 Å². The molecule has 1 aliphatic heterocycles. The van der Waals surface area contributed by atoms with Crippen molar-refractivity contribution in [1.82, 2.24) is 0 Å². The van der Waals surface area contributed by atoms with E-state index in [1.165, 1.54) is 18.9 Å². The Labute approximate surface area is 238 Å². The number of halogens is 4. The number of benzene rings is 1. The lowest BCUT2D eigenvalue weighted by molar-refractivity contribution is -0.130. The molecular formula is C33H35F4NO3. The Balaban J connectivity index is 1.49. The highest BCUT2D eigenvalue weighted by Gasteiger charge is 2.65. The molecule has 5 aliphatic rings. The fourth-order valence-corrected chi connectivity index (χ4v) is 8.75. The molecule has 0 N–H and O–H groups in total. The average Bonchev–Trinajstić information content (AvgIpc) is 3.25. The second kappa shape index (κ2) is 10.1. The number of rotatable bonds is 3. The van der Waals surface area contributed by atoms with Gasteiger partial charge in [0.25, 0.3) is 0 Å². The van der Waals surface area contributed by atoms with Gasteiger partial charge in [-0.15, -0.1) is 0 Å². The van der Waals surface area contributed by atoms with E-state index in [1.54, 1.807) is 0 Å². The van der Waals surface area contributed by atoms with Gasteiger partial charge in [-0.3, -0.25) is 9.59 Å². The van der Waals surface area contributed by atoms with Crippen molar-refractivity contribution in [2.45, 2.75) is 70.6 Å². The highest BCUT2D eigenvalue weighted by atomic mass is 19.4. The van der Waals surface area contributed by atoms with Crippen molar-refractivity contribution in [3.63, 3.8) is 0 Å². The molecule has 1 heterocycles. The Morgan fingerprint density at radius 3 is 2.49 bits per heavy atom. The molecule has 2 unspecified atom stereocenters. The number of alkyl halides is 4. The molecule has 1 saturated heterocycles. The van der Waals surface area contributed by atoms with Crippen LogP contribution in [0.15, 0.2) is 47.1 Å². The van der Waals surface area contributed by atoms with Crippen LogP contribution >= 0.6 is 0 Å². The predicted molar refractivity (Wildman–Crippen MR) is 147 cm³/mol. The van der Waals surface area contributed by atoms with Crippen molar-refractivity contribution >= 4 is 17.3 Å². The molecule has 4 aliphatic carbocycles. The van der Waals surface area contributed by atoms with E-state index < -0.39 is 23.2 Å². The summed E-state index contributed by atoms with van der Waals surface area (Å²) in [5, 5.41) is 0. The second-order valence-electron chi connectivity index (χ2n) is 12.5. The minimum Gasteiger partial charge on any atom is -0.378 e. The number of nitrogens with zero attached hydrogens (tertiary/aromatic N) is 1. The highest BCUT2D eigenvalue weighted by Crippen LogP contribution is 2.69. The van der Waals surface area contributed by atoms with Crippen LogP contribution in [0, 0.1) is 34.5 Å². The number of hydrogen-bond donors (Lipinski definition) is 0. The van der Waals surface area contributed by atoms with E-state index in [4.69, 9.17) is 4.74 Å². The van der Waals surface area contributed by atoms with Gasteiger partial charge in [0, 0.05) is 37.0 Å². The van der Waals surface area contributed by atoms with E-state index in [-0.39, 0.29) is 42.2 Å². The summed E-state index contributed by atoms with van der Waals surface area (Å²) in [5.41, 5.74) is 2.22. The summed E-state index contributed by atoms with van der Waals surface area (Å²) in [6, 6.07) is 8.25. The first kappa shape index (κ1) is 28.2. The summed E-state index contributed by atoms with van der Waals surface area (Å²) in [4.78, 5) is 27.8. The monoisotopic (exact) mass is 569 g/mol. The summed E-state index contributed by atoms with van der Waals surface area (Å²) >= 11 is 0. The van der Waals surface area contributed by atoms with Gasteiger partial charge in [-0.25, -0.2) is 4.39 Å². The highest BCUT2D eigenvalue weighted by molar-refractivity contribution is 5.93. The number of Topliss-reactive ketones (excluding diaryl/α,β-unsaturated/α-hetero) is 1. The molecule has 41 heavy (non-hydrogen) atoms. The molecule has 1 aromatic rings. The van der Waals surface area contributed by atoms with Crippen LogP contribution in [0.25, 0.3) is 0 Å². The second-order valence-corrected chi connectivity index (χ2v) is 12.5. The maximum Gasteiger partial charge on any atom is 0.457 e. The van der Waals surface area contributed by atoms with Crippen LogP contribution < -0.4 is 4.90 Å². The molecule has 8 heteroatoms. The first-order chi connectivity index (χ1) is 19.4.